The predicted molar refractivity (Wildman–Crippen MR) is 103 cm³/mol. The Bertz CT molecular complexity index is 1070. The van der Waals surface area contributed by atoms with Gasteiger partial charge in [0.15, 0.2) is 0 Å². The molecular formula is C21H17N3O3. The number of H-pyrrole nitrogens is 1. The van der Waals surface area contributed by atoms with Gasteiger partial charge in [-0.25, -0.2) is 4.79 Å². The molecule has 0 saturated heterocycles. The zero-order valence-corrected chi connectivity index (χ0v) is 14.7. The van der Waals surface area contributed by atoms with Gasteiger partial charge in [0, 0.05) is 22.7 Å². The SMILES string of the molecule is CCOC(=O)c1ccccc1NC(=O)/C(C#N)=C/c1c[nH]c2ccccc12. The standard InChI is InChI=1S/C21H17N3O3/c1-2-27-21(26)17-8-4-6-10-19(17)24-20(25)14(12-22)11-15-13-23-18-9-5-3-7-16(15)18/h3-11,13,23H,2H2,1H3,(H,24,25)/b14-11+. The summed E-state index contributed by atoms with van der Waals surface area (Å²) in [5.74, 6) is -1.13. The van der Waals surface area contributed by atoms with Crippen LogP contribution in [0.15, 0.2) is 60.3 Å². The van der Waals surface area contributed by atoms with Gasteiger partial charge in [0.25, 0.3) is 5.91 Å². The zero-order chi connectivity index (χ0) is 19.2. The van der Waals surface area contributed by atoms with Crippen LogP contribution in [0.2, 0.25) is 0 Å². The summed E-state index contributed by atoms with van der Waals surface area (Å²) in [5.41, 5.74) is 2.10. The fraction of sp³-hybridized carbons (Fsp3) is 0.0952. The molecule has 3 aromatic rings. The maximum atomic E-state index is 12.6. The second-order valence-electron chi connectivity index (χ2n) is 5.68. The first-order valence-corrected chi connectivity index (χ1v) is 8.39. The number of benzene rings is 2. The first-order chi connectivity index (χ1) is 13.1. The van der Waals surface area contributed by atoms with Crippen LogP contribution in [-0.2, 0) is 9.53 Å². The van der Waals surface area contributed by atoms with Crippen molar-refractivity contribution in [2.75, 3.05) is 11.9 Å². The molecule has 0 radical (unpaired) electrons. The van der Waals surface area contributed by atoms with Crippen LogP contribution < -0.4 is 5.32 Å². The smallest absolute Gasteiger partial charge is 0.340 e. The Morgan fingerprint density at radius 1 is 1.19 bits per heavy atom. The van der Waals surface area contributed by atoms with Gasteiger partial charge in [-0.1, -0.05) is 30.3 Å². The molecular weight excluding hydrogens is 342 g/mol. The number of aromatic amines is 1. The molecule has 0 saturated carbocycles. The Balaban J connectivity index is 1.89. The van der Waals surface area contributed by atoms with Gasteiger partial charge in [0.05, 0.1) is 17.9 Å². The lowest BCUT2D eigenvalue weighted by atomic mass is 10.1. The quantitative estimate of drug-likeness (QED) is 0.410. The highest BCUT2D eigenvalue weighted by Gasteiger charge is 2.16. The lowest BCUT2D eigenvalue weighted by Crippen LogP contribution is -2.17. The fourth-order valence-corrected chi connectivity index (χ4v) is 2.69. The van der Waals surface area contributed by atoms with E-state index in [9.17, 15) is 14.9 Å². The average molecular weight is 359 g/mol. The molecule has 3 rings (SSSR count). The Kier molecular flexibility index (Phi) is 5.33. The molecule has 0 fully saturated rings. The number of hydrogen-bond acceptors (Lipinski definition) is 4. The number of hydrogen-bond donors (Lipinski definition) is 2. The van der Waals surface area contributed by atoms with Gasteiger partial charge < -0.3 is 15.0 Å². The van der Waals surface area contributed by atoms with Crippen LogP contribution in [0.3, 0.4) is 0 Å². The number of esters is 1. The summed E-state index contributed by atoms with van der Waals surface area (Å²) >= 11 is 0. The van der Waals surface area contributed by atoms with Crippen molar-refractivity contribution in [1.29, 1.82) is 5.26 Å². The number of rotatable bonds is 5. The Labute approximate surface area is 156 Å². The van der Waals surface area contributed by atoms with Gasteiger partial charge in [-0.15, -0.1) is 0 Å². The van der Waals surface area contributed by atoms with Gasteiger partial charge in [-0.05, 0) is 31.2 Å². The summed E-state index contributed by atoms with van der Waals surface area (Å²) in [6, 6.07) is 16.0. The summed E-state index contributed by atoms with van der Waals surface area (Å²) in [6.07, 6.45) is 3.25. The summed E-state index contributed by atoms with van der Waals surface area (Å²) in [6.45, 7) is 1.93. The van der Waals surface area contributed by atoms with Crippen molar-refractivity contribution in [1.82, 2.24) is 4.98 Å². The lowest BCUT2D eigenvalue weighted by Gasteiger charge is -2.09. The Morgan fingerprint density at radius 2 is 1.93 bits per heavy atom. The van der Waals surface area contributed by atoms with Crippen molar-refractivity contribution < 1.29 is 14.3 Å². The topological polar surface area (TPSA) is 95.0 Å². The number of para-hydroxylation sites is 2. The molecule has 0 aliphatic heterocycles. The monoisotopic (exact) mass is 359 g/mol. The highest BCUT2D eigenvalue weighted by molar-refractivity contribution is 6.12. The van der Waals surface area contributed by atoms with Gasteiger partial charge in [-0.2, -0.15) is 5.26 Å². The number of nitrogens with one attached hydrogen (secondary N) is 2. The zero-order valence-electron chi connectivity index (χ0n) is 14.7. The first kappa shape index (κ1) is 18.0. The van der Waals surface area contributed by atoms with Crippen molar-refractivity contribution in [2.45, 2.75) is 6.92 Å². The molecule has 27 heavy (non-hydrogen) atoms. The van der Waals surface area contributed by atoms with Crippen LogP contribution in [0.5, 0.6) is 0 Å². The molecule has 134 valence electrons. The van der Waals surface area contributed by atoms with Crippen LogP contribution in [-0.4, -0.2) is 23.5 Å². The third-order valence-electron chi connectivity index (χ3n) is 3.96. The molecule has 6 nitrogen and oxygen atoms in total. The van der Waals surface area contributed by atoms with E-state index in [0.717, 1.165) is 16.5 Å². The predicted octanol–water partition coefficient (Wildman–Crippen LogP) is 3.89. The molecule has 6 heteroatoms. The van der Waals surface area contributed by atoms with E-state index >= 15 is 0 Å². The molecule has 0 aliphatic rings. The van der Waals surface area contributed by atoms with E-state index < -0.39 is 11.9 Å². The van der Waals surface area contributed by atoms with E-state index in [-0.39, 0.29) is 17.7 Å². The number of ether oxygens (including phenoxy) is 1. The maximum absolute atomic E-state index is 12.6. The molecule has 0 spiro atoms. The highest BCUT2D eigenvalue weighted by atomic mass is 16.5. The van der Waals surface area contributed by atoms with Gasteiger partial charge in [0.2, 0.25) is 0 Å². The highest BCUT2D eigenvalue weighted by Crippen LogP contribution is 2.21. The first-order valence-electron chi connectivity index (χ1n) is 8.39. The third-order valence-corrected chi connectivity index (χ3v) is 3.96. The van der Waals surface area contributed by atoms with E-state index in [4.69, 9.17) is 4.74 Å². The molecule has 0 aliphatic carbocycles. The van der Waals surface area contributed by atoms with Gasteiger partial charge in [-0.3, -0.25) is 4.79 Å². The summed E-state index contributed by atoms with van der Waals surface area (Å²) in [5, 5.41) is 13.0. The molecule has 2 N–H and O–H groups in total. The third kappa shape index (κ3) is 3.88. The largest absolute Gasteiger partial charge is 0.462 e. The number of amides is 1. The molecule has 0 atom stereocenters. The van der Waals surface area contributed by atoms with Crippen molar-refractivity contribution in [2.24, 2.45) is 0 Å². The van der Waals surface area contributed by atoms with Crippen molar-refractivity contribution in [3.8, 4) is 6.07 Å². The van der Waals surface area contributed by atoms with Gasteiger partial charge in [0.1, 0.15) is 11.6 Å². The fourth-order valence-electron chi connectivity index (χ4n) is 2.69. The van der Waals surface area contributed by atoms with Crippen LogP contribution in [0, 0.1) is 11.3 Å². The van der Waals surface area contributed by atoms with Crippen LogP contribution in [0.4, 0.5) is 5.69 Å². The van der Waals surface area contributed by atoms with Crippen molar-refractivity contribution >= 4 is 34.5 Å². The molecule has 0 unspecified atom stereocenters. The number of carbonyl (C=O) groups excluding carboxylic acids is 2. The van der Waals surface area contributed by atoms with E-state index in [1.165, 1.54) is 6.08 Å². The number of anilines is 1. The Hall–Kier alpha value is -3.85. The molecule has 1 amide bonds. The number of nitrogens with zero attached hydrogens (tertiary/aromatic N) is 1. The second kappa shape index (κ2) is 8.02. The Morgan fingerprint density at radius 3 is 2.70 bits per heavy atom. The minimum atomic E-state index is -0.598. The van der Waals surface area contributed by atoms with E-state index in [2.05, 4.69) is 10.3 Å². The van der Waals surface area contributed by atoms with E-state index in [1.807, 2.05) is 30.3 Å². The number of aromatic nitrogens is 1. The number of nitriles is 1. The maximum Gasteiger partial charge on any atom is 0.340 e. The summed E-state index contributed by atoms with van der Waals surface area (Å²) < 4.78 is 5.00. The van der Waals surface area contributed by atoms with Crippen LogP contribution >= 0.6 is 0 Å². The lowest BCUT2D eigenvalue weighted by molar-refractivity contribution is -0.112. The summed E-state index contributed by atoms with van der Waals surface area (Å²) in [4.78, 5) is 27.7. The van der Waals surface area contributed by atoms with Crippen LogP contribution in [0.1, 0.15) is 22.8 Å². The molecule has 1 aromatic heterocycles. The van der Waals surface area contributed by atoms with Crippen molar-refractivity contribution in [3.05, 3.63) is 71.4 Å². The number of fused-ring (bicyclic) bond motifs is 1. The minimum Gasteiger partial charge on any atom is -0.462 e. The van der Waals surface area contributed by atoms with E-state index in [0.29, 0.717) is 5.69 Å². The average Bonchev–Trinajstić information content (AvgIpc) is 3.09. The minimum absolute atomic E-state index is 0.0709. The normalized spacial score (nSPS) is 11.0. The summed E-state index contributed by atoms with van der Waals surface area (Å²) in [7, 11) is 0. The molecule has 2 aromatic carbocycles. The van der Waals surface area contributed by atoms with Gasteiger partial charge >= 0.3 is 5.97 Å². The second-order valence-corrected chi connectivity index (χ2v) is 5.68. The number of carbonyl (C=O) groups is 2. The molecule has 0 bridgehead atoms. The molecule has 1 heterocycles. The van der Waals surface area contributed by atoms with Crippen molar-refractivity contribution in [3.63, 3.8) is 0 Å². The van der Waals surface area contributed by atoms with Crippen LogP contribution in [0.25, 0.3) is 17.0 Å². The van der Waals surface area contributed by atoms with E-state index in [1.54, 1.807) is 37.4 Å².